The van der Waals surface area contributed by atoms with Crippen LogP contribution in [0.3, 0.4) is 0 Å². The number of carbonyl (C=O) groups is 1. The van der Waals surface area contributed by atoms with Gasteiger partial charge in [0.15, 0.2) is 0 Å². The number of aliphatic hydroxyl groups excluding tert-OH is 1. The maximum atomic E-state index is 11.3. The summed E-state index contributed by atoms with van der Waals surface area (Å²) in [7, 11) is 0. The molecule has 138 valence electrons. The second kappa shape index (κ2) is 14.6. The van der Waals surface area contributed by atoms with Crippen LogP contribution >= 0.6 is 0 Å². The average molecular weight is 337 g/mol. The number of aliphatic hydroxyl groups is 1. The van der Waals surface area contributed by atoms with E-state index in [0.29, 0.717) is 59.4 Å². The number of amides is 1. The van der Waals surface area contributed by atoms with Crippen LogP contribution < -0.4 is 5.32 Å². The molecule has 0 atom stereocenters. The van der Waals surface area contributed by atoms with Crippen LogP contribution in [0.15, 0.2) is 0 Å². The molecule has 0 fully saturated rings. The van der Waals surface area contributed by atoms with Crippen LogP contribution in [0.1, 0.15) is 20.8 Å². The van der Waals surface area contributed by atoms with Crippen molar-refractivity contribution in [1.29, 1.82) is 0 Å². The van der Waals surface area contributed by atoms with Crippen molar-refractivity contribution in [3.63, 3.8) is 0 Å². The van der Waals surface area contributed by atoms with Crippen molar-refractivity contribution in [3.05, 3.63) is 0 Å². The van der Waals surface area contributed by atoms with Gasteiger partial charge in [-0.05, 0) is 20.8 Å². The van der Waals surface area contributed by atoms with E-state index in [1.54, 1.807) is 0 Å². The van der Waals surface area contributed by atoms with Crippen LogP contribution in [-0.4, -0.2) is 82.8 Å². The van der Waals surface area contributed by atoms with Crippen LogP contribution in [0, 0.1) is 0 Å². The topological polar surface area (TPSA) is 95.5 Å². The third-order valence-corrected chi connectivity index (χ3v) is 2.27. The first-order valence-electron chi connectivity index (χ1n) is 7.84. The van der Waals surface area contributed by atoms with E-state index < -0.39 is 11.7 Å². The van der Waals surface area contributed by atoms with E-state index in [1.807, 2.05) is 20.8 Å². The third kappa shape index (κ3) is 19.0. The Balaban J connectivity index is 3.15. The lowest BCUT2D eigenvalue weighted by Crippen LogP contribution is -2.34. The minimum absolute atomic E-state index is 0.0242. The molecule has 0 unspecified atom stereocenters. The van der Waals surface area contributed by atoms with E-state index in [0.717, 1.165) is 0 Å². The second-order valence-electron chi connectivity index (χ2n) is 5.60. The van der Waals surface area contributed by atoms with Crippen molar-refractivity contribution in [2.45, 2.75) is 26.4 Å². The number of rotatable bonds is 14. The van der Waals surface area contributed by atoms with Crippen molar-refractivity contribution in [3.8, 4) is 0 Å². The molecule has 8 nitrogen and oxygen atoms in total. The van der Waals surface area contributed by atoms with E-state index in [1.165, 1.54) is 0 Å². The molecule has 0 rings (SSSR count). The summed E-state index contributed by atoms with van der Waals surface area (Å²) in [6, 6.07) is 0. The molecular formula is C15H31NO7. The SMILES string of the molecule is CC(C)(C)OC(=O)NCCOCCOCCOCCOCCO. The quantitative estimate of drug-likeness (QED) is 0.447. The molecule has 0 bridgehead atoms. The maximum absolute atomic E-state index is 11.3. The summed E-state index contributed by atoms with van der Waals surface area (Å²) in [6.07, 6.45) is -0.447. The van der Waals surface area contributed by atoms with Gasteiger partial charge in [0, 0.05) is 6.54 Å². The van der Waals surface area contributed by atoms with Crippen molar-refractivity contribution in [2.75, 3.05) is 66.0 Å². The van der Waals surface area contributed by atoms with Crippen LogP contribution in [0.4, 0.5) is 4.79 Å². The van der Waals surface area contributed by atoms with Gasteiger partial charge in [-0.3, -0.25) is 0 Å². The van der Waals surface area contributed by atoms with E-state index in [9.17, 15) is 4.79 Å². The summed E-state index contributed by atoms with van der Waals surface area (Å²) in [5.74, 6) is 0. The number of carbonyl (C=O) groups excluding carboxylic acids is 1. The number of alkyl carbamates (subject to hydrolysis) is 1. The lowest BCUT2D eigenvalue weighted by Gasteiger charge is -2.19. The highest BCUT2D eigenvalue weighted by molar-refractivity contribution is 5.67. The van der Waals surface area contributed by atoms with Gasteiger partial charge in [-0.2, -0.15) is 0 Å². The van der Waals surface area contributed by atoms with E-state index >= 15 is 0 Å². The number of ether oxygens (including phenoxy) is 5. The standard InChI is InChI=1S/C15H31NO7/c1-15(2,3)23-14(18)16-4-6-19-8-10-21-12-13-22-11-9-20-7-5-17/h17H,4-13H2,1-3H3,(H,16,18). The van der Waals surface area contributed by atoms with Gasteiger partial charge in [-0.25, -0.2) is 4.79 Å². The van der Waals surface area contributed by atoms with Crippen LogP contribution in [0.2, 0.25) is 0 Å². The molecule has 0 heterocycles. The molecule has 0 aliphatic heterocycles. The predicted molar refractivity (Wildman–Crippen MR) is 84.6 cm³/mol. The average Bonchev–Trinajstić information content (AvgIpc) is 2.46. The highest BCUT2D eigenvalue weighted by atomic mass is 16.6. The number of nitrogens with one attached hydrogen (secondary N) is 1. The predicted octanol–water partition coefficient (Wildman–Crippen LogP) is 0.570. The zero-order valence-corrected chi connectivity index (χ0v) is 14.5. The van der Waals surface area contributed by atoms with E-state index in [2.05, 4.69) is 5.32 Å². The molecule has 0 saturated carbocycles. The summed E-state index contributed by atoms with van der Waals surface area (Å²) in [5, 5.41) is 11.1. The molecule has 23 heavy (non-hydrogen) atoms. The fraction of sp³-hybridized carbons (Fsp3) is 0.933. The first-order chi connectivity index (χ1) is 11.0. The maximum Gasteiger partial charge on any atom is 0.407 e. The fourth-order valence-electron chi connectivity index (χ4n) is 1.37. The van der Waals surface area contributed by atoms with Gasteiger partial charge in [0.25, 0.3) is 0 Å². The Kier molecular flexibility index (Phi) is 14.1. The largest absolute Gasteiger partial charge is 0.444 e. The van der Waals surface area contributed by atoms with Gasteiger partial charge in [-0.15, -0.1) is 0 Å². The van der Waals surface area contributed by atoms with Crippen molar-refractivity contribution < 1.29 is 33.6 Å². The minimum atomic E-state index is -0.494. The summed E-state index contributed by atoms with van der Waals surface area (Å²) in [4.78, 5) is 11.3. The van der Waals surface area contributed by atoms with Gasteiger partial charge in [0.1, 0.15) is 5.60 Å². The summed E-state index contributed by atoms with van der Waals surface area (Å²) < 4.78 is 26.0. The van der Waals surface area contributed by atoms with Crippen LogP contribution in [0.5, 0.6) is 0 Å². The van der Waals surface area contributed by atoms with Crippen molar-refractivity contribution in [1.82, 2.24) is 5.32 Å². The van der Waals surface area contributed by atoms with Crippen molar-refractivity contribution >= 4 is 6.09 Å². The van der Waals surface area contributed by atoms with Crippen molar-refractivity contribution in [2.24, 2.45) is 0 Å². The Morgan fingerprint density at radius 1 is 0.826 bits per heavy atom. The van der Waals surface area contributed by atoms with Gasteiger partial charge in [0.2, 0.25) is 0 Å². The summed E-state index contributed by atoms with van der Waals surface area (Å²) in [6.45, 7) is 9.44. The van der Waals surface area contributed by atoms with E-state index in [-0.39, 0.29) is 6.61 Å². The second-order valence-corrected chi connectivity index (χ2v) is 5.60. The molecular weight excluding hydrogens is 306 g/mol. The molecule has 8 heteroatoms. The molecule has 0 aromatic heterocycles. The first kappa shape index (κ1) is 22.1. The summed E-state index contributed by atoms with van der Waals surface area (Å²) >= 11 is 0. The van der Waals surface area contributed by atoms with Gasteiger partial charge in [-0.1, -0.05) is 0 Å². The Labute approximate surface area is 138 Å². The lowest BCUT2D eigenvalue weighted by molar-refractivity contribution is -0.00547. The third-order valence-electron chi connectivity index (χ3n) is 2.27. The Hall–Kier alpha value is -0.930. The smallest absolute Gasteiger partial charge is 0.407 e. The van der Waals surface area contributed by atoms with Gasteiger partial charge >= 0.3 is 6.09 Å². The lowest BCUT2D eigenvalue weighted by atomic mass is 10.2. The molecule has 0 radical (unpaired) electrons. The highest BCUT2D eigenvalue weighted by Gasteiger charge is 2.15. The molecule has 0 aromatic carbocycles. The zero-order chi connectivity index (χ0) is 17.4. The molecule has 0 aliphatic carbocycles. The normalized spacial score (nSPS) is 11.5. The molecule has 0 aromatic rings. The molecule has 1 amide bonds. The monoisotopic (exact) mass is 337 g/mol. The van der Waals surface area contributed by atoms with Crippen LogP contribution in [-0.2, 0) is 23.7 Å². The highest BCUT2D eigenvalue weighted by Crippen LogP contribution is 2.05. The van der Waals surface area contributed by atoms with Gasteiger partial charge < -0.3 is 34.1 Å². The zero-order valence-electron chi connectivity index (χ0n) is 14.5. The Morgan fingerprint density at radius 2 is 1.26 bits per heavy atom. The molecule has 2 N–H and O–H groups in total. The summed E-state index contributed by atoms with van der Waals surface area (Å²) in [5.41, 5.74) is -0.494. The molecule has 0 spiro atoms. The van der Waals surface area contributed by atoms with E-state index in [4.69, 9.17) is 28.8 Å². The first-order valence-corrected chi connectivity index (χ1v) is 7.84. The molecule has 0 aliphatic rings. The fourth-order valence-corrected chi connectivity index (χ4v) is 1.37. The number of hydrogen-bond donors (Lipinski definition) is 2. The van der Waals surface area contributed by atoms with Crippen LogP contribution in [0.25, 0.3) is 0 Å². The molecule has 0 saturated heterocycles. The minimum Gasteiger partial charge on any atom is -0.444 e. The Morgan fingerprint density at radius 3 is 1.70 bits per heavy atom. The van der Waals surface area contributed by atoms with Gasteiger partial charge in [0.05, 0.1) is 59.5 Å². The Bertz CT molecular complexity index is 281. The number of hydrogen-bond acceptors (Lipinski definition) is 7.